The second-order valence-electron chi connectivity index (χ2n) is 6.83. The number of H-pyrrole nitrogens is 1. The van der Waals surface area contributed by atoms with E-state index in [1.54, 1.807) is 30.7 Å². The van der Waals surface area contributed by atoms with Gasteiger partial charge in [0.15, 0.2) is 0 Å². The number of rotatable bonds is 7. The molecule has 0 saturated carbocycles. The Labute approximate surface area is 186 Å². The topological polar surface area (TPSA) is 123 Å². The molecule has 1 fully saturated rings. The lowest BCUT2D eigenvalue weighted by molar-refractivity contribution is 0.284. The first kappa shape index (κ1) is 23.8. The highest BCUT2D eigenvalue weighted by atomic mass is 35.5. The Kier molecular flexibility index (Phi) is 8.79. The number of nitrogens with zero attached hydrogens (tertiary/aromatic N) is 5. The number of halogens is 2. The number of benzene rings is 1. The minimum Gasteiger partial charge on any atom is -0.507 e. The second-order valence-corrected chi connectivity index (χ2v) is 6.83. The van der Waals surface area contributed by atoms with Gasteiger partial charge in [-0.05, 0) is 37.1 Å². The molecule has 30 heavy (non-hydrogen) atoms. The summed E-state index contributed by atoms with van der Waals surface area (Å²) in [6.45, 7) is 2.69. The summed E-state index contributed by atoms with van der Waals surface area (Å²) in [4.78, 5) is 6.53. The van der Waals surface area contributed by atoms with Crippen LogP contribution in [0, 0.1) is 0 Å². The molecule has 0 radical (unpaired) electrons. The quantitative estimate of drug-likeness (QED) is 0.400. The molecule has 1 unspecified atom stereocenters. The van der Waals surface area contributed by atoms with E-state index >= 15 is 0 Å². The van der Waals surface area contributed by atoms with Gasteiger partial charge in [0, 0.05) is 43.1 Å². The minimum absolute atomic E-state index is 0. The summed E-state index contributed by atoms with van der Waals surface area (Å²) in [5.74, 6) is 0.710. The van der Waals surface area contributed by atoms with Crippen molar-refractivity contribution < 1.29 is 10.2 Å². The molecule has 1 aliphatic heterocycles. The number of anilines is 1. The van der Waals surface area contributed by atoms with Gasteiger partial charge in [0.2, 0.25) is 5.95 Å². The fourth-order valence-corrected chi connectivity index (χ4v) is 3.37. The van der Waals surface area contributed by atoms with Gasteiger partial charge in [-0.3, -0.25) is 5.10 Å². The van der Waals surface area contributed by atoms with Gasteiger partial charge in [0.05, 0.1) is 12.4 Å². The molecule has 162 valence electrons. The van der Waals surface area contributed by atoms with Crippen molar-refractivity contribution in [3.63, 3.8) is 0 Å². The second kappa shape index (κ2) is 11.1. The van der Waals surface area contributed by atoms with Crippen LogP contribution in [0.15, 0.2) is 36.8 Å². The smallest absolute Gasteiger partial charge is 0.245 e. The van der Waals surface area contributed by atoms with Gasteiger partial charge in [0.1, 0.15) is 11.4 Å². The van der Waals surface area contributed by atoms with Gasteiger partial charge < -0.3 is 20.4 Å². The number of phenolic OH excluding ortho intramolecular Hbond substituents is 1. The number of aromatic nitrogens is 5. The van der Waals surface area contributed by atoms with Crippen LogP contribution in [-0.4, -0.2) is 67.9 Å². The fourth-order valence-electron chi connectivity index (χ4n) is 3.37. The lowest BCUT2D eigenvalue weighted by Crippen LogP contribution is -2.34. The number of nitrogens with one attached hydrogen (secondary N) is 2. The highest BCUT2D eigenvalue weighted by Gasteiger charge is 2.24. The summed E-state index contributed by atoms with van der Waals surface area (Å²) in [5.41, 5.74) is 2.88. The van der Waals surface area contributed by atoms with Crippen molar-refractivity contribution in [1.29, 1.82) is 0 Å². The number of aliphatic hydroxyl groups excluding tert-OH is 1. The SMILES string of the molecule is Cl.Cl.OCCCNC1CCN(c2ncc(-c3ccc(-c4cn[nH]c4)cc3O)nn2)C1. The number of aliphatic hydroxyl groups is 1. The van der Waals surface area contributed by atoms with Crippen molar-refractivity contribution in [2.45, 2.75) is 18.9 Å². The molecule has 0 spiro atoms. The summed E-state index contributed by atoms with van der Waals surface area (Å²) in [7, 11) is 0. The summed E-state index contributed by atoms with van der Waals surface area (Å²) < 4.78 is 0. The Morgan fingerprint density at radius 3 is 2.70 bits per heavy atom. The normalized spacial score (nSPS) is 15.5. The molecule has 0 aliphatic carbocycles. The number of aromatic hydroxyl groups is 1. The van der Waals surface area contributed by atoms with Crippen LogP contribution >= 0.6 is 24.8 Å². The van der Waals surface area contributed by atoms with E-state index in [9.17, 15) is 5.11 Å². The largest absolute Gasteiger partial charge is 0.507 e. The Morgan fingerprint density at radius 1 is 1.17 bits per heavy atom. The first-order valence-corrected chi connectivity index (χ1v) is 9.36. The van der Waals surface area contributed by atoms with Gasteiger partial charge in [-0.1, -0.05) is 6.07 Å². The Hall–Kier alpha value is -2.46. The van der Waals surface area contributed by atoms with Crippen LogP contribution in [0.25, 0.3) is 22.4 Å². The maximum absolute atomic E-state index is 10.4. The van der Waals surface area contributed by atoms with Crippen molar-refractivity contribution in [2.24, 2.45) is 0 Å². The summed E-state index contributed by atoms with van der Waals surface area (Å²) in [5, 5.41) is 37.9. The highest BCUT2D eigenvalue weighted by Crippen LogP contribution is 2.32. The van der Waals surface area contributed by atoms with E-state index < -0.39 is 0 Å². The van der Waals surface area contributed by atoms with E-state index in [-0.39, 0.29) is 37.2 Å². The summed E-state index contributed by atoms with van der Waals surface area (Å²) in [6, 6.07) is 5.76. The zero-order chi connectivity index (χ0) is 19.3. The van der Waals surface area contributed by atoms with E-state index in [0.717, 1.165) is 43.6 Å². The van der Waals surface area contributed by atoms with Gasteiger partial charge >= 0.3 is 0 Å². The highest BCUT2D eigenvalue weighted by molar-refractivity contribution is 5.85. The third kappa shape index (κ3) is 5.37. The van der Waals surface area contributed by atoms with E-state index in [1.807, 2.05) is 6.07 Å². The molecular formula is C19H25Cl2N7O2. The van der Waals surface area contributed by atoms with Crippen molar-refractivity contribution in [1.82, 2.24) is 30.7 Å². The molecular weight excluding hydrogens is 429 g/mol. The maximum atomic E-state index is 10.4. The molecule has 2 aromatic heterocycles. The van der Waals surface area contributed by atoms with Crippen LogP contribution in [0.4, 0.5) is 5.95 Å². The molecule has 1 atom stereocenters. The monoisotopic (exact) mass is 453 g/mol. The predicted molar refractivity (Wildman–Crippen MR) is 119 cm³/mol. The maximum Gasteiger partial charge on any atom is 0.245 e. The Bertz CT molecular complexity index is 910. The molecule has 0 bridgehead atoms. The Balaban J connectivity index is 0.00000160. The molecule has 3 aromatic rings. The molecule has 11 heteroatoms. The van der Waals surface area contributed by atoms with Crippen LogP contribution in [0.1, 0.15) is 12.8 Å². The average Bonchev–Trinajstić information content (AvgIpc) is 3.41. The molecule has 3 heterocycles. The van der Waals surface area contributed by atoms with Crippen molar-refractivity contribution in [2.75, 3.05) is 31.1 Å². The number of aromatic amines is 1. The standard InChI is InChI=1S/C19H23N7O2.2ClH/c27-7-1-5-20-15-4-6-26(12-15)19-21-11-17(24-25-19)16-3-2-13(8-18(16)28)14-9-22-23-10-14;;/h2-3,8-11,15,20,27-28H,1,4-7,12H2,(H,22,23);2*1H. The molecule has 1 aliphatic rings. The third-order valence-corrected chi connectivity index (χ3v) is 4.89. The zero-order valence-corrected chi connectivity index (χ0v) is 17.9. The first-order valence-electron chi connectivity index (χ1n) is 9.36. The van der Waals surface area contributed by atoms with E-state index in [1.165, 1.54) is 0 Å². The lowest BCUT2D eigenvalue weighted by atomic mass is 10.0. The number of hydrogen-bond acceptors (Lipinski definition) is 8. The van der Waals surface area contributed by atoms with Crippen molar-refractivity contribution >= 4 is 30.8 Å². The van der Waals surface area contributed by atoms with E-state index in [0.29, 0.717) is 23.2 Å². The van der Waals surface area contributed by atoms with Gasteiger partial charge in [0.25, 0.3) is 0 Å². The van der Waals surface area contributed by atoms with Crippen LogP contribution in [0.5, 0.6) is 5.75 Å². The Morgan fingerprint density at radius 2 is 2.03 bits per heavy atom. The van der Waals surface area contributed by atoms with Crippen LogP contribution in [0.2, 0.25) is 0 Å². The van der Waals surface area contributed by atoms with Gasteiger partial charge in [-0.15, -0.1) is 35.0 Å². The predicted octanol–water partition coefficient (Wildman–Crippen LogP) is 2.03. The lowest BCUT2D eigenvalue weighted by Gasteiger charge is -2.16. The van der Waals surface area contributed by atoms with Gasteiger partial charge in [-0.2, -0.15) is 5.10 Å². The molecule has 9 nitrogen and oxygen atoms in total. The van der Waals surface area contributed by atoms with Crippen molar-refractivity contribution in [3.05, 3.63) is 36.8 Å². The van der Waals surface area contributed by atoms with E-state index in [4.69, 9.17) is 5.11 Å². The summed E-state index contributed by atoms with van der Waals surface area (Å²) >= 11 is 0. The molecule has 1 saturated heterocycles. The molecule has 4 rings (SSSR count). The number of hydrogen-bond donors (Lipinski definition) is 4. The molecule has 1 aromatic carbocycles. The van der Waals surface area contributed by atoms with Gasteiger partial charge in [-0.25, -0.2) is 4.98 Å². The van der Waals surface area contributed by atoms with Crippen molar-refractivity contribution in [3.8, 4) is 28.1 Å². The summed E-state index contributed by atoms with van der Waals surface area (Å²) in [6.07, 6.45) is 6.87. The minimum atomic E-state index is 0. The number of phenols is 1. The molecule has 4 N–H and O–H groups in total. The molecule has 0 amide bonds. The van der Waals surface area contributed by atoms with Crippen LogP contribution < -0.4 is 10.2 Å². The van der Waals surface area contributed by atoms with Crippen LogP contribution in [-0.2, 0) is 0 Å². The average molecular weight is 454 g/mol. The van der Waals surface area contributed by atoms with E-state index in [2.05, 4.69) is 35.6 Å². The fraction of sp³-hybridized carbons (Fsp3) is 0.368. The first-order chi connectivity index (χ1) is 13.7. The zero-order valence-electron chi connectivity index (χ0n) is 16.2. The third-order valence-electron chi connectivity index (χ3n) is 4.89. The van der Waals surface area contributed by atoms with Crippen LogP contribution in [0.3, 0.4) is 0 Å².